The minimum Gasteiger partial charge on any atom is -0.294 e. The maximum atomic E-state index is 11.1. The van der Waals surface area contributed by atoms with Gasteiger partial charge in [-0.15, -0.1) is 0 Å². The molecule has 0 saturated heterocycles. The summed E-state index contributed by atoms with van der Waals surface area (Å²) in [6.07, 6.45) is 2.51. The summed E-state index contributed by atoms with van der Waals surface area (Å²) >= 11 is 0. The van der Waals surface area contributed by atoms with Crippen molar-refractivity contribution < 1.29 is 4.79 Å². The van der Waals surface area contributed by atoms with Crippen LogP contribution in [-0.4, -0.2) is 20.4 Å². The van der Waals surface area contributed by atoms with Crippen molar-refractivity contribution in [3.8, 4) is 0 Å². The van der Waals surface area contributed by atoms with Gasteiger partial charge in [0, 0.05) is 18.2 Å². The van der Waals surface area contributed by atoms with Crippen molar-refractivity contribution in [2.24, 2.45) is 0 Å². The number of Topliss-reactive ketones (excluding diaryl/α,β-unsaturated/α-hetero) is 1. The second-order valence-electron chi connectivity index (χ2n) is 3.16. The van der Waals surface area contributed by atoms with Gasteiger partial charge in [0.25, 0.3) is 0 Å². The number of carbonyl (C=O) groups is 1. The fraction of sp³-hybridized carbons (Fsp3) is 0.300. The summed E-state index contributed by atoms with van der Waals surface area (Å²) in [4.78, 5) is 15.4. The van der Waals surface area contributed by atoms with Crippen molar-refractivity contribution in [1.82, 2.24) is 14.6 Å². The lowest BCUT2D eigenvalue weighted by Crippen LogP contribution is -1.96. The van der Waals surface area contributed by atoms with Gasteiger partial charge in [-0.2, -0.15) is 5.10 Å². The van der Waals surface area contributed by atoms with Gasteiger partial charge < -0.3 is 0 Å². The number of hydrogen-bond donors (Lipinski definition) is 0. The first-order chi connectivity index (χ1) is 6.70. The minimum absolute atomic E-state index is 0.0421. The number of fused-ring (bicyclic) bond motifs is 1. The largest absolute Gasteiger partial charge is 0.294 e. The molecule has 0 aromatic carbocycles. The van der Waals surface area contributed by atoms with Crippen LogP contribution in [-0.2, 0) is 6.42 Å². The highest BCUT2D eigenvalue weighted by atomic mass is 16.1. The highest BCUT2D eigenvalue weighted by molar-refractivity contribution is 5.93. The number of carbonyl (C=O) groups excluding carboxylic acids is 1. The molecule has 0 saturated carbocycles. The van der Waals surface area contributed by atoms with Crippen LogP contribution in [0.15, 0.2) is 18.3 Å². The molecule has 0 bridgehead atoms. The molecule has 0 N–H and O–H groups in total. The van der Waals surface area contributed by atoms with E-state index in [1.165, 1.54) is 0 Å². The highest BCUT2D eigenvalue weighted by Crippen LogP contribution is 2.05. The van der Waals surface area contributed by atoms with Crippen molar-refractivity contribution in [3.05, 3.63) is 29.7 Å². The van der Waals surface area contributed by atoms with Gasteiger partial charge in [0.05, 0.1) is 0 Å². The van der Waals surface area contributed by atoms with E-state index >= 15 is 0 Å². The summed E-state index contributed by atoms with van der Waals surface area (Å²) in [5.41, 5.74) is 1.44. The van der Waals surface area contributed by atoms with Crippen molar-refractivity contribution in [2.45, 2.75) is 20.3 Å². The second-order valence-corrected chi connectivity index (χ2v) is 3.16. The molecule has 14 heavy (non-hydrogen) atoms. The standard InChI is InChI=1S/C10H11N3O/c1-3-9-11-10-5-4-8(7(2)14)6-13(10)12-9/h4-6H,3H2,1-2H3. The van der Waals surface area contributed by atoms with Gasteiger partial charge in [-0.05, 0) is 19.1 Å². The molecule has 4 heteroatoms. The van der Waals surface area contributed by atoms with E-state index in [0.29, 0.717) is 5.56 Å². The normalized spacial score (nSPS) is 10.7. The smallest absolute Gasteiger partial charge is 0.161 e. The van der Waals surface area contributed by atoms with Crippen molar-refractivity contribution >= 4 is 11.4 Å². The number of hydrogen-bond acceptors (Lipinski definition) is 3. The number of rotatable bonds is 2. The zero-order valence-electron chi connectivity index (χ0n) is 8.19. The molecule has 0 radical (unpaired) electrons. The van der Waals surface area contributed by atoms with Crippen molar-refractivity contribution in [2.75, 3.05) is 0 Å². The fourth-order valence-corrected chi connectivity index (χ4v) is 1.29. The van der Waals surface area contributed by atoms with Crippen LogP contribution in [0.4, 0.5) is 0 Å². The Bertz CT molecular complexity index is 487. The third kappa shape index (κ3) is 1.39. The Morgan fingerprint density at radius 1 is 1.50 bits per heavy atom. The number of ketones is 1. The lowest BCUT2D eigenvalue weighted by Gasteiger charge is -1.94. The number of aromatic nitrogens is 3. The zero-order chi connectivity index (χ0) is 10.1. The summed E-state index contributed by atoms with van der Waals surface area (Å²) in [7, 11) is 0. The molecule has 72 valence electrons. The highest BCUT2D eigenvalue weighted by Gasteiger charge is 2.04. The zero-order valence-corrected chi connectivity index (χ0v) is 8.19. The van der Waals surface area contributed by atoms with Crippen LogP contribution in [0.2, 0.25) is 0 Å². The van der Waals surface area contributed by atoms with Crippen LogP contribution in [0.25, 0.3) is 5.65 Å². The third-order valence-corrected chi connectivity index (χ3v) is 2.10. The molecule has 0 aliphatic heterocycles. The Labute approximate surface area is 81.6 Å². The number of aryl methyl sites for hydroxylation is 1. The van der Waals surface area contributed by atoms with Crippen LogP contribution in [0, 0.1) is 0 Å². The quantitative estimate of drug-likeness (QED) is 0.672. The molecule has 4 nitrogen and oxygen atoms in total. The molecule has 2 heterocycles. The van der Waals surface area contributed by atoms with E-state index in [9.17, 15) is 4.79 Å². The van der Waals surface area contributed by atoms with Gasteiger partial charge in [0.1, 0.15) is 0 Å². The van der Waals surface area contributed by atoms with Gasteiger partial charge in [0.2, 0.25) is 0 Å². The van der Waals surface area contributed by atoms with Gasteiger partial charge in [0.15, 0.2) is 17.3 Å². The SMILES string of the molecule is CCc1nc2ccc(C(C)=O)cn2n1. The molecule has 0 aliphatic rings. The Balaban J connectivity index is 2.59. The lowest BCUT2D eigenvalue weighted by molar-refractivity contribution is 0.101. The van der Waals surface area contributed by atoms with Gasteiger partial charge in [-0.3, -0.25) is 4.79 Å². The Kier molecular flexibility index (Phi) is 2.04. The Hall–Kier alpha value is -1.71. The van der Waals surface area contributed by atoms with E-state index in [1.807, 2.05) is 13.0 Å². The lowest BCUT2D eigenvalue weighted by atomic mass is 10.2. The van der Waals surface area contributed by atoms with Gasteiger partial charge >= 0.3 is 0 Å². The van der Waals surface area contributed by atoms with Crippen LogP contribution in [0.3, 0.4) is 0 Å². The van der Waals surface area contributed by atoms with Crippen LogP contribution >= 0.6 is 0 Å². The molecular formula is C10H11N3O. The summed E-state index contributed by atoms with van der Waals surface area (Å²) in [5.74, 6) is 0.839. The topological polar surface area (TPSA) is 47.3 Å². The summed E-state index contributed by atoms with van der Waals surface area (Å²) < 4.78 is 1.65. The number of pyridine rings is 1. The molecule has 2 aromatic heterocycles. The predicted molar refractivity (Wildman–Crippen MR) is 52.4 cm³/mol. The predicted octanol–water partition coefficient (Wildman–Crippen LogP) is 1.49. The molecular weight excluding hydrogens is 178 g/mol. The molecule has 0 amide bonds. The van der Waals surface area contributed by atoms with Gasteiger partial charge in [-0.25, -0.2) is 9.50 Å². The maximum absolute atomic E-state index is 11.1. The molecule has 0 aliphatic carbocycles. The molecule has 0 spiro atoms. The van der Waals surface area contributed by atoms with E-state index < -0.39 is 0 Å². The first kappa shape index (κ1) is 8.87. The molecule has 2 rings (SSSR count). The first-order valence-corrected chi connectivity index (χ1v) is 4.57. The minimum atomic E-state index is 0.0421. The van der Waals surface area contributed by atoms with Crippen LogP contribution in [0.5, 0.6) is 0 Å². The van der Waals surface area contributed by atoms with E-state index in [0.717, 1.165) is 17.9 Å². The fourth-order valence-electron chi connectivity index (χ4n) is 1.29. The Morgan fingerprint density at radius 2 is 2.29 bits per heavy atom. The van der Waals surface area contributed by atoms with E-state index in [4.69, 9.17) is 0 Å². The van der Waals surface area contributed by atoms with Gasteiger partial charge in [-0.1, -0.05) is 6.92 Å². The van der Waals surface area contributed by atoms with Crippen molar-refractivity contribution in [1.29, 1.82) is 0 Å². The van der Waals surface area contributed by atoms with Crippen molar-refractivity contribution in [3.63, 3.8) is 0 Å². The van der Waals surface area contributed by atoms with E-state index in [1.54, 1.807) is 23.7 Å². The van der Waals surface area contributed by atoms with E-state index in [-0.39, 0.29) is 5.78 Å². The monoisotopic (exact) mass is 189 g/mol. The molecule has 0 fully saturated rings. The number of nitrogens with zero attached hydrogens (tertiary/aromatic N) is 3. The summed E-state index contributed by atoms with van der Waals surface area (Å²) in [6, 6.07) is 3.58. The molecule has 0 unspecified atom stereocenters. The average molecular weight is 189 g/mol. The van der Waals surface area contributed by atoms with E-state index in [2.05, 4.69) is 10.1 Å². The third-order valence-electron chi connectivity index (χ3n) is 2.10. The van der Waals surface area contributed by atoms with Crippen LogP contribution in [0.1, 0.15) is 30.0 Å². The maximum Gasteiger partial charge on any atom is 0.161 e. The first-order valence-electron chi connectivity index (χ1n) is 4.57. The molecule has 0 atom stereocenters. The summed E-state index contributed by atoms with van der Waals surface area (Å²) in [5, 5.41) is 4.23. The second kappa shape index (κ2) is 3.21. The van der Waals surface area contributed by atoms with Crippen LogP contribution < -0.4 is 0 Å². The summed E-state index contributed by atoms with van der Waals surface area (Å²) in [6.45, 7) is 3.54. The Morgan fingerprint density at radius 3 is 2.93 bits per heavy atom. The molecule has 2 aromatic rings. The average Bonchev–Trinajstić information content (AvgIpc) is 2.58.